The molecule has 8 nitrogen and oxygen atoms in total. The molecule has 3 heterocycles. The first kappa shape index (κ1) is 19.7. The van der Waals surface area contributed by atoms with Gasteiger partial charge < -0.3 is 15.0 Å². The van der Waals surface area contributed by atoms with Crippen LogP contribution in [-0.4, -0.2) is 48.0 Å². The van der Waals surface area contributed by atoms with Crippen LogP contribution in [0.1, 0.15) is 0 Å². The molecule has 1 fully saturated rings. The summed E-state index contributed by atoms with van der Waals surface area (Å²) in [6, 6.07) is 15.5. The quantitative estimate of drug-likeness (QED) is 0.487. The summed E-state index contributed by atoms with van der Waals surface area (Å²) in [7, 11) is -2.98. The van der Waals surface area contributed by atoms with E-state index in [1.54, 1.807) is 23.7 Å². The normalized spacial score (nSPS) is 15.7. The number of hydrogen-bond donors (Lipinski definition) is 1. The van der Waals surface area contributed by atoms with Crippen LogP contribution in [0.2, 0.25) is 0 Å². The van der Waals surface area contributed by atoms with Gasteiger partial charge in [0.05, 0.1) is 21.7 Å². The first-order valence-electron chi connectivity index (χ1n) is 9.73. The number of ether oxygens (including phenoxy) is 1. The smallest absolute Gasteiger partial charge is 0.263 e. The molecule has 0 unspecified atom stereocenters. The van der Waals surface area contributed by atoms with Gasteiger partial charge in [0, 0.05) is 31.2 Å². The zero-order chi connectivity index (χ0) is 21.3. The van der Waals surface area contributed by atoms with E-state index in [1.165, 1.54) is 0 Å². The minimum Gasteiger partial charge on any atom is -0.436 e. The van der Waals surface area contributed by atoms with Crippen LogP contribution in [0.25, 0.3) is 10.2 Å². The van der Waals surface area contributed by atoms with Crippen molar-refractivity contribution in [2.24, 2.45) is 0 Å². The first-order valence-corrected chi connectivity index (χ1v) is 12.4. The van der Waals surface area contributed by atoms with Gasteiger partial charge in [0.2, 0.25) is 0 Å². The summed E-state index contributed by atoms with van der Waals surface area (Å²) in [5.74, 6) is 1.73. The van der Waals surface area contributed by atoms with E-state index in [-0.39, 0.29) is 11.5 Å². The maximum absolute atomic E-state index is 11.7. The number of rotatable bonds is 5. The molecular weight excluding hydrogens is 434 g/mol. The highest BCUT2D eigenvalue weighted by molar-refractivity contribution is 7.91. The second-order valence-electron chi connectivity index (χ2n) is 7.06. The number of hydrogen-bond acceptors (Lipinski definition) is 9. The van der Waals surface area contributed by atoms with Crippen molar-refractivity contribution in [3.05, 3.63) is 60.9 Å². The fourth-order valence-corrected chi connectivity index (χ4v) is 5.39. The van der Waals surface area contributed by atoms with Gasteiger partial charge in [0.15, 0.2) is 20.8 Å². The molecule has 10 heteroatoms. The predicted octanol–water partition coefficient (Wildman–Crippen LogP) is 3.86. The SMILES string of the molecule is O=S1(=O)CCN(c2nccnc2Oc2ccc(Nc3nc4ccccc4s3)cc2)CC1. The van der Waals surface area contributed by atoms with Crippen molar-refractivity contribution in [1.82, 2.24) is 15.0 Å². The van der Waals surface area contributed by atoms with Crippen LogP contribution in [-0.2, 0) is 9.84 Å². The number of anilines is 3. The predicted molar refractivity (Wildman–Crippen MR) is 122 cm³/mol. The van der Waals surface area contributed by atoms with E-state index in [0.717, 1.165) is 21.0 Å². The number of nitrogens with one attached hydrogen (secondary N) is 1. The molecule has 2 aromatic carbocycles. The van der Waals surface area contributed by atoms with Crippen molar-refractivity contribution in [3.8, 4) is 11.6 Å². The van der Waals surface area contributed by atoms with Gasteiger partial charge in [0.1, 0.15) is 5.75 Å². The highest BCUT2D eigenvalue weighted by Crippen LogP contribution is 2.31. The number of thiazole rings is 1. The third-order valence-electron chi connectivity index (χ3n) is 4.90. The molecule has 1 N–H and O–H groups in total. The van der Waals surface area contributed by atoms with Crippen molar-refractivity contribution in [2.45, 2.75) is 0 Å². The highest BCUT2D eigenvalue weighted by Gasteiger charge is 2.25. The van der Waals surface area contributed by atoms with Crippen LogP contribution in [0.5, 0.6) is 11.6 Å². The van der Waals surface area contributed by atoms with E-state index in [2.05, 4.69) is 20.3 Å². The number of fused-ring (bicyclic) bond motifs is 1. The summed E-state index contributed by atoms with van der Waals surface area (Å²) in [6.07, 6.45) is 3.14. The Morgan fingerprint density at radius 2 is 1.71 bits per heavy atom. The third-order valence-corrected chi connectivity index (χ3v) is 7.47. The van der Waals surface area contributed by atoms with E-state index < -0.39 is 9.84 Å². The van der Waals surface area contributed by atoms with Crippen LogP contribution in [0.4, 0.5) is 16.6 Å². The highest BCUT2D eigenvalue weighted by atomic mass is 32.2. The van der Waals surface area contributed by atoms with Gasteiger partial charge in [-0.2, -0.15) is 0 Å². The van der Waals surface area contributed by atoms with E-state index >= 15 is 0 Å². The molecule has 158 valence electrons. The van der Waals surface area contributed by atoms with Gasteiger partial charge in [-0.3, -0.25) is 0 Å². The van der Waals surface area contributed by atoms with Crippen LogP contribution < -0.4 is 15.0 Å². The van der Waals surface area contributed by atoms with Crippen LogP contribution in [0, 0.1) is 0 Å². The lowest BCUT2D eigenvalue weighted by Crippen LogP contribution is -2.40. The van der Waals surface area contributed by atoms with Gasteiger partial charge in [-0.25, -0.2) is 23.4 Å². The Balaban J connectivity index is 1.30. The standard InChI is InChI=1S/C21H19N5O3S2/c27-31(28)13-11-26(12-14-31)19-20(23-10-9-22-19)29-16-7-5-15(6-8-16)24-21-25-17-3-1-2-4-18(17)30-21/h1-10H,11-14H2,(H,24,25). The Labute approximate surface area is 183 Å². The third kappa shape index (κ3) is 4.44. The lowest BCUT2D eigenvalue weighted by molar-refractivity contribution is 0.458. The van der Waals surface area contributed by atoms with Gasteiger partial charge in [-0.05, 0) is 36.4 Å². The average Bonchev–Trinajstić information content (AvgIpc) is 3.18. The summed E-state index contributed by atoms with van der Waals surface area (Å²) in [5, 5.41) is 4.14. The Morgan fingerprint density at radius 1 is 0.968 bits per heavy atom. The molecule has 1 aliphatic rings. The van der Waals surface area contributed by atoms with Crippen molar-refractivity contribution in [1.29, 1.82) is 0 Å². The Kier molecular flexibility index (Phi) is 5.16. The maximum atomic E-state index is 11.7. The van der Waals surface area contributed by atoms with Crippen molar-refractivity contribution in [3.63, 3.8) is 0 Å². The number of benzene rings is 2. The number of nitrogens with zero attached hydrogens (tertiary/aromatic N) is 4. The van der Waals surface area contributed by atoms with E-state index in [4.69, 9.17) is 4.74 Å². The Morgan fingerprint density at radius 3 is 2.48 bits per heavy atom. The topological polar surface area (TPSA) is 97.3 Å². The second-order valence-corrected chi connectivity index (χ2v) is 10.4. The lowest BCUT2D eigenvalue weighted by atomic mass is 10.3. The first-order chi connectivity index (χ1) is 15.1. The molecule has 4 aromatic rings. The fraction of sp³-hybridized carbons (Fsp3) is 0.190. The van der Waals surface area contributed by atoms with E-state index in [9.17, 15) is 8.42 Å². The molecule has 0 saturated carbocycles. The monoisotopic (exact) mass is 453 g/mol. The number of aromatic nitrogens is 3. The van der Waals surface area contributed by atoms with Gasteiger partial charge in [-0.1, -0.05) is 23.5 Å². The maximum Gasteiger partial charge on any atom is 0.263 e. The molecule has 1 saturated heterocycles. The number of para-hydroxylation sites is 1. The summed E-state index contributed by atoms with van der Waals surface area (Å²) >= 11 is 1.60. The molecule has 2 aromatic heterocycles. The second kappa shape index (κ2) is 8.12. The minimum absolute atomic E-state index is 0.106. The number of sulfone groups is 1. The molecule has 31 heavy (non-hydrogen) atoms. The lowest BCUT2D eigenvalue weighted by Gasteiger charge is -2.28. The zero-order valence-electron chi connectivity index (χ0n) is 16.4. The average molecular weight is 454 g/mol. The van der Waals surface area contributed by atoms with Crippen molar-refractivity contribution in [2.75, 3.05) is 34.8 Å². The van der Waals surface area contributed by atoms with Gasteiger partial charge in [0.25, 0.3) is 5.88 Å². The molecule has 0 atom stereocenters. The Bertz CT molecular complexity index is 1280. The molecule has 0 amide bonds. The fourth-order valence-electron chi connectivity index (χ4n) is 3.30. The molecule has 0 spiro atoms. The van der Waals surface area contributed by atoms with E-state index in [0.29, 0.717) is 30.5 Å². The largest absolute Gasteiger partial charge is 0.436 e. The summed E-state index contributed by atoms with van der Waals surface area (Å²) in [4.78, 5) is 15.1. The van der Waals surface area contributed by atoms with Gasteiger partial charge in [-0.15, -0.1) is 0 Å². The molecule has 0 radical (unpaired) electrons. The summed E-state index contributed by atoms with van der Waals surface area (Å²) < 4.78 is 30.5. The van der Waals surface area contributed by atoms with Crippen LogP contribution in [0.15, 0.2) is 60.9 Å². The molecule has 0 aliphatic carbocycles. The molecule has 1 aliphatic heterocycles. The van der Waals surface area contributed by atoms with Crippen LogP contribution >= 0.6 is 11.3 Å². The molecule has 0 bridgehead atoms. The van der Waals surface area contributed by atoms with Crippen LogP contribution in [0.3, 0.4) is 0 Å². The van der Waals surface area contributed by atoms with Crippen molar-refractivity contribution >= 4 is 48.0 Å². The van der Waals surface area contributed by atoms with Gasteiger partial charge >= 0.3 is 0 Å². The zero-order valence-corrected chi connectivity index (χ0v) is 18.1. The van der Waals surface area contributed by atoms with Crippen molar-refractivity contribution < 1.29 is 13.2 Å². The molecule has 5 rings (SSSR count). The summed E-state index contributed by atoms with van der Waals surface area (Å²) in [5.41, 5.74) is 1.86. The van der Waals surface area contributed by atoms with E-state index in [1.807, 2.05) is 53.4 Å². The Hall–Kier alpha value is -3.24. The molecular formula is C21H19N5O3S2. The summed E-state index contributed by atoms with van der Waals surface area (Å²) in [6.45, 7) is 0.755. The minimum atomic E-state index is -2.98.